The van der Waals surface area contributed by atoms with Crippen LogP contribution in [-0.2, 0) is 14.0 Å². The van der Waals surface area contributed by atoms with E-state index in [1.165, 1.54) is 7.11 Å². The van der Waals surface area contributed by atoms with Crippen LogP contribution in [0.2, 0.25) is 0 Å². The molecule has 1 amide bonds. The van der Waals surface area contributed by atoms with Gasteiger partial charge in [-0.15, -0.1) is 0 Å². The van der Waals surface area contributed by atoms with Crippen molar-refractivity contribution in [1.29, 1.82) is 0 Å². The molecule has 1 aromatic rings. The number of pyridine rings is 1. The van der Waals surface area contributed by atoms with Crippen LogP contribution >= 0.6 is 0 Å². The predicted octanol–water partition coefficient (Wildman–Crippen LogP) is 1.20. The number of hydrogen-bond acceptors (Lipinski definition) is 7. The van der Waals surface area contributed by atoms with Crippen LogP contribution in [0.5, 0.6) is 0 Å². The van der Waals surface area contributed by atoms with E-state index >= 15 is 0 Å². The van der Waals surface area contributed by atoms with Gasteiger partial charge in [0, 0.05) is 11.5 Å². The van der Waals surface area contributed by atoms with Gasteiger partial charge in [-0.25, -0.2) is 9.78 Å². The third-order valence-electron chi connectivity index (χ3n) is 6.08. The van der Waals surface area contributed by atoms with Crippen LogP contribution in [0, 0.1) is 0 Å². The number of nitrogens with zero attached hydrogens (tertiary/aromatic N) is 1. The number of ether oxygens (including phenoxy) is 1. The number of hydrogen-bond donors (Lipinski definition) is 2. The SMILES string of the molecule is COC(=O)c1nc(C(=O)N[C@H]2CC[C@H](O)CC2)ccc1B1OC(C)(C)C(C)(C)O1. The molecule has 2 aliphatic rings. The Balaban J connectivity index is 1.83. The average Bonchev–Trinajstić information content (AvgIpc) is 2.89. The molecule has 1 saturated heterocycles. The normalized spacial score (nSPS) is 25.5. The number of methoxy groups -OCH3 is 1. The highest BCUT2D eigenvalue weighted by molar-refractivity contribution is 6.63. The van der Waals surface area contributed by atoms with E-state index in [4.69, 9.17) is 14.0 Å². The molecule has 9 heteroatoms. The summed E-state index contributed by atoms with van der Waals surface area (Å²) in [4.78, 5) is 29.3. The van der Waals surface area contributed by atoms with Crippen molar-refractivity contribution in [3.05, 3.63) is 23.5 Å². The molecule has 29 heavy (non-hydrogen) atoms. The summed E-state index contributed by atoms with van der Waals surface area (Å²) in [6.07, 6.45) is 2.44. The Hall–Kier alpha value is -1.97. The van der Waals surface area contributed by atoms with Crippen LogP contribution < -0.4 is 10.8 Å². The molecule has 2 N–H and O–H groups in total. The number of rotatable bonds is 4. The van der Waals surface area contributed by atoms with Crippen molar-refractivity contribution in [2.75, 3.05) is 7.11 Å². The van der Waals surface area contributed by atoms with Crippen LogP contribution in [0.3, 0.4) is 0 Å². The molecule has 0 atom stereocenters. The van der Waals surface area contributed by atoms with Crippen molar-refractivity contribution in [2.24, 2.45) is 0 Å². The van der Waals surface area contributed by atoms with Crippen LogP contribution in [-0.4, -0.2) is 59.5 Å². The summed E-state index contributed by atoms with van der Waals surface area (Å²) < 4.78 is 16.9. The minimum absolute atomic E-state index is 0.00211. The molecular weight excluding hydrogens is 375 g/mol. The van der Waals surface area contributed by atoms with Gasteiger partial charge in [0.2, 0.25) is 0 Å². The lowest BCUT2D eigenvalue weighted by atomic mass is 9.77. The quantitative estimate of drug-likeness (QED) is 0.574. The zero-order valence-electron chi connectivity index (χ0n) is 17.7. The minimum atomic E-state index is -0.793. The van der Waals surface area contributed by atoms with E-state index in [1.54, 1.807) is 12.1 Å². The highest BCUT2D eigenvalue weighted by Crippen LogP contribution is 2.36. The van der Waals surface area contributed by atoms with Crippen molar-refractivity contribution in [1.82, 2.24) is 10.3 Å². The van der Waals surface area contributed by atoms with Gasteiger partial charge in [-0.3, -0.25) is 4.79 Å². The maximum absolute atomic E-state index is 12.6. The van der Waals surface area contributed by atoms with E-state index in [9.17, 15) is 14.7 Å². The summed E-state index contributed by atoms with van der Waals surface area (Å²) in [6, 6.07) is 3.16. The lowest BCUT2D eigenvalue weighted by Crippen LogP contribution is -2.41. The third kappa shape index (κ3) is 4.47. The van der Waals surface area contributed by atoms with Crippen LogP contribution in [0.25, 0.3) is 0 Å². The summed E-state index contributed by atoms with van der Waals surface area (Å²) >= 11 is 0. The highest BCUT2D eigenvalue weighted by Gasteiger charge is 2.52. The smallest absolute Gasteiger partial charge is 0.464 e. The molecule has 2 heterocycles. The molecule has 0 spiro atoms. The molecule has 0 unspecified atom stereocenters. The molecule has 1 aliphatic carbocycles. The summed E-state index contributed by atoms with van der Waals surface area (Å²) in [6.45, 7) is 7.67. The number of aliphatic hydroxyl groups excluding tert-OH is 1. The Morgan fingerprint density at radius 1 is 1.14 bits per heavy atom. The topological polar surface area (TPSA) is 107 Å². The zero-order chi connectivity index (χ0) is 21.4. The number of aromatic nitrogens is 1. The fraction of sp³-hybridized carbons (Fsp3) is 0.650. The minimum Gasteiger partial charge on any atom is -0.464 e. The third-order valence-corrected chi connectivity index (χ3v) is 6.08. The standard InChI is InChI=1S/C20H29BN2O6/c1-19(2)20(3,4)29-21(28-19)14-10-11-15(23-16(14)18(26)27-5)17(25)22-12-6-8-13(24)9-7-12/h10-13,24H,6-9H2,1-5H3,(H,22,25)/t12-,13-. The number of amides is 1. The monoisotopic (exact) mass is 404 g/mol. The Kier molecular flexibility index (Phi) is 6.03. The van der Waals surface area contributed by atoms with Crippen LogP contribution in [0.1, 0.15) is 74.4 Å². The number of carbonyl (C=O) groups excluding carboxylic acids is 2. The van der Waals surface area contributed by atoms with Crippen LogP contribution in [0.4, 0.5) is 0 Å². The van der Waals surface area contributed by atoms with E-state index in [-0.39, 0.29) is 29.4 Å². The van der Waals surface area contributed by atoms with E-state index in [0.29, 0.717) is 31.1 Å². The van der Waals surface area contributed by atoms with Crippen LogP contribution in [0.15, 0.2) is 12.1 Å². The first-order valence-electron chi connectivity index (χ1n) is 9.98. The van der Waals surface area contributed by atoms with Gasteiger partial charge in [0.15, 0.2) is 0 Å². The van der Waals surface area contributed by atoms with E-state index in [0.717, 1.165) is 0 Å². The molecule has 1 saturated carbocycles. The first-order valence-corrected chi connectivity index (χ1v) is 9.98. The Morgan fingerprint density at radius 2 is 1.72 bits per heavy atom. The Bertz CT molecular complexity index is 773. The lowest BCUT2D eigenvalue weighted by molar-refractivity contribution is 0.00578. The molecule has 8 nitrogen and oxygen atoms in total. The van der Waals surface area contributed by atoms with Crippen molar-refractivity contribution in [3.8, 4) is 0 Å². The fourth-order valence-electron chi connectivity index (χ4n) is 3.50. The second-order valence-corrected chi connectivity index (χ2v) is 8.69. The molecule has 0 radical (unpaired) electrons. The molecule has 2 fully saturated rings. The van der Waals surface area contributed by atoms with Gasteiger partial charge in [-0.2, -0.15) is 0 Å². The van der Waals surface area contributed by atoms with Gasteiger partial charge < -0.3 is 24.5 Å². The summed E-state index contributed by atoms with van der Waals surface area (Å²) in [7, 11) is 0.469. The van der Waals surface area contributed by atoms with Gasteiger partial charge in [-0.1, -0.05) is 6.07 Å². The largest absolute Gasteiger partial charge is 0.497 e. The lowest BCUT2D eigenvalue weighted by Gasteiger charge is -2.32. The summed E-state index contributed by atoms with van der Waals surface area (Å²) in [5.41, 5.74) is -0.610. The van der Waals surface area contributed by atoms with Gasteiger partial charge in [0.25, 0.3) is 5.91 Å². The molecule has 1 aromatic heterocycles. The maximum Gasteiger partial charge on any atom is 0.497 e. The first-order chi connectivity index (χ1) is 13.5. The molecule has 0 bridgehead atoms. The van der Waals surface area contributed by atoms with Gasteiger partial charge in [0.05, 0.1) is 24.4 Å². The molecule has 0 aromatic carbocycles. The molecule has 158 valence electrons. The predicted molar refractivity (Wildman–Crippen MR) is 107 cm³/mol. The fourth-order valence-corrected chi connectivity index (χ4v) is 3.50. The molecule has 1 aliphatic heterocycles. The van der Waals surface area contributed by atoms with Gasteiger partial charge in [-0.05, 0) is 59.4 Å². The molecular formula is C20H29BN2O6. The summed E-state index contributed by atoms with van der Waals surface area (Å²) in [5, 5.41) is 12.5. The van der Waals surface area contributed by atoms with E-state index in [2.05, 4.69) is 10.3 Å². The maximum atomic E-state index is 12.6. The molecule has 3 rings (SSSR count). The van der Waals surface area contributed by atoms with Gasteiger partial charge >= 0.3 is 13.1 Å². The average molecular weight is 404 g/mol. The van der Waals surface area contributed by atoms with Gasteiger partial charge in [0.1, 0.15) is 11.4 Å². The number of esters is 1. The van der Waals surface area contributed by atoms with Crippen molar-refractivity contribution in [3.63, 3.8) is 0 Å². The Labute approximate surface area is 171 Å². The zero-order valence-corrected chi connectivity index (χ0v) is 17.7. The summed E-state index contributed by atoms with van der Waals surface area (Å²) in [5.74, 6) is -1.03. The van der Waals surface area contributed by atoms with E-state index in [1.807, 2.05) is 27.7 Å². The first kappa shape index (κ1) is 21.7. The number of carbonyl (C=O) groups is 2. The van der Waals surface area contributed by atoms with E-state index < -0.39 is 24.3 Å². The van der Waals surface area contributed by atoms with Crippen molar-refractivity contribution >= 4 is 24.5 Å². The number of aliphatic hydroxyl groups is 1. The van der Waals surface area contributed by atoms with Crippen molar-refractivity contribution in [2.45, 2.75) is 76.7 Å². The second-order valence-electron chi connectivity index (χ2n) is 8.69. The van der Waals surface area contributed by atoms with Crippen molar-refractivity contribution < 1.29 is 28.7 Å². The second kappa shape index (κ2) is 8.05. The number of nitrogens with one attached hydrogen (secondary N) is 1. The Morgan fingerprint density at radius 3 is 2.28 bits per heavy atom. The highest BCUT2D eigenvalue weighted by atomic mass is 16.7.